The molecule has 0 saturated carbocycles. The van der Waals surface area contributed by atoms with E-state index in [0.717, 1.165) is 11.9 Å². The van der Waals surface area contributed by atoms with Crippen molar-refractivity contribution in [2.24, 2.45) is 5.92 Å². The number of rotatable bonds is 1. The molecule has 3 heterocycles. The van der Waals surface area contributed by atoms with E-state index in [1.807, 2.05) is 0 Å². The summed E-state index contributed by atoms with van der Waals surface area (Å²) in [5.41, 5.74) is 0. The zero-order chi connectivity index (χ0) is 9.54. The molecule has 2 bridgehead atoms. The molecule has 76 valence electrons. The Morgan fingerprint density at radius 1 is 1.29 bits per heavy atom. The number of aromatic nitrogens is 4. The van der Waals surface area contributed by atoms with E-state index in [-0.39, 0.29) is 0 Å². The maximum Gasteiger partial charge on any atom is 0.243 e. The van der Waals surface area contributed by atoms with E-state index < -0.39 is 0 Å². The summed E-state index contributed by atoms with van der Waals surface area (Å²) in [6, 6.07) is 1.33. The number of nitrogens with zero attached hydrogens (tertiary/aromatic N) is 4. The van der Waals surface area contributed by atoms with Gasteiger partial charge in [-0.15, -0.1) is 0 Å². The third-order valence-electron chi connectivity index (χ3n) is 3.74. The van der Waals surface area contributed by atoms with E-state index in [4.69, 9.17) is 0 Å². The molecule has 1 N–H and O–H groups in total. The number of nitrogens with one attached hydrogen (secondary N) is 1. The third kappa shape index (κ3) is 1.04. The number of piperidine rings is 1. The zero-order valence-corrected chi connectivity index (χ0v) is 8.35. The minimum absolute atomic E-state index is 0.656. The molecule has 14 heavy (non-hydrogen) atoms. The van der Waals surface area contributed by atoms with E-state index in [0.29, 0.717) is 12.1 Å². The predicted molar refractivity (Wildman–Crippen MR) is 51.9 cm³/mol. The number of tetrazole rings is 1. The van der Waals surface area contributed by atoms with Crippen LogP contribution in [0.4, 0.5) is 5.95 Å². The molecule has 5 heteroatoms. The highest BCUT2D eigenvalue weighted by Gasteiger charge is 2.41. The topological polar surface area (TPSA) is 57.7 Å². The third-order valence-corrected chi connectivity index (χ3v) is 3.74. The fourth-order valence-corrected chi connectivity index (χ4v) is 3.00. The summed E-state index contributed by atoms with van der Waals surface area (Å²) in [5, 5.41) is 14.2. The molecular formula is C9H15N5. The summed E-state index contributed by atoms with van der Waals surface area (Å²) in [4.78, 5) is 2.40. The Bertz CT molecular complexity index is 309. The zero-order valence-electron chi connectivity index (χ0n) is 8.35. The van der Waals surface area contributed by atoms with Gasteiger partial charge in [-0.3, -0.25) is 0 Å². The Labute approximate surface area is 82.9 Å². The molecule has 2 aliphatic rings. The molecule has 0 aliphatic carbocycles. The van der Waals surface area contributed by atoms with Crippen LogP contribution in [0.3, 0.4) is 0 Å². The minimum Gasteiger partial charge on any atom is -0.334 e. The van der Waals surface area contributed by atoms with E-state index in [9.17, 15) is 0 Å². The first-order valence-corrected chi connectivity index (χ1v) is 5.38. The average Bonchev–Trinajstić information content (AvgIpc) is 2.79. The van der Waals surface area contributed by atoms with Crippen molar-refractivity contribution >= 4 is 5.95 Å². The quantitative estimate of drug-likeness (QED) is 0.722. The second-order valence-corrected chi connectivity index (χ2v) is 4.49. The first-order valence-electron chi connectivity index (χ1n) is 5.38. The van der Waals surface area contributed by atoms with Crippen LogP contribution in [-0.4, -0.2) is 32.7 Å². The molecule has 1 aromatic rings. The van der Waals surface area contributed by atoms with Crippen LogP contribution in [0.2, 0.25) is 0 Å². The van der Waals surface area contributed by atoms with Gasteiger partial charge < -0.3 is 4.90 Å². The van der Waals surface area contributed by atoms with Crippen LogP contribution in [0.5, 0.6) is 0 Å². The fourth-order valence-electron chi connectivity index (χ4n) is 3.00. The van der Waals surface area contributed by atoms with Gasteiger partial charge in [0.05, 0.1) is 0 Å². The van der Waals surface area contributed by atoms with Crippen molar-refractivity contribution in [3.8, 4) is 0 Å². The molecule has 0 radical (unpaired) electrons. The van der Waals surface area contributed by atoms with Crippen LogP contribution >= 0.6 is 0 Å². The highest BCUT2D eigenvalue weighted by molar-refractivity contribution is 5.35. The number of hydrogen-bond acceptors (Lipinski definition) is 4. The normalized spacial score (nSPS) is 36.4. The maximum absolute atomic E-state index is 4.02. The van der Waals surface area contributed by atoms with Gasteiger partial charge in [0.15, 0.2) is 0 Å². The SMILES string of the molecule is C[C@@H]1CC[C@@H]2CC[C@@H]1N2c1nnn[nH]1. The van der Waals surface area contributed by atoms with E-state index in [2.05, 4.69) is 32.4 Å². The minimum atomic E-state index is 0.656. The van der Waals surface area contributed by atoms with Gasteiger partial charge in [0, 0.05) is 12.1 Å². The molecule has 2 fully saturated rings. The molecule has 0 aromatic carbocycles. The van der Waals surface area contributed by atoms with Crippen LogP contribution < -0.4 is 4.90 Å². The largest absolute Gasteiger partial charge is 0.334 e. The van der Waals surface area contributed by atoms with E-state index >= 15 is 0 Å². The van der Waals surface area contributed by atoms with Crippen LogP contribution in [0.1, 0.15) is 32.6 Å². The van der Waals surface area contributed by atoms with Crippen LogP contribution in [-0.2, 0) is 0 Å². The molecule has 3 rings (SSSR count). The van der Waals surface area contributed by atoms with Gasteiger partial charge in [0.2, 0.25) is 5.95 Å². The average molecular weight is 193 g/mol. The molecule has 2 saturated heterocycles. The molecular weight excluding hydrogens is 178 g/mol. The predicted octanol–water partition coefficient (Wildman–Crippen LogP) is 0.967. The lowest BCUT2D eigenvalue weighted by molar-refractivity contribution is 0.354. The van der Waals surface area contributed by atoms with Gasteiger partial charge in [-0.25, -0.2) is 5.10 Å². The van der Waals surface area contributed by atoms with Gasteiger partial charge in [-0.2, -0.15) is 0 Å². The van der Waals surface area contributed by atoms with Crippen molar-refractivity contribution in [1.29, 1.82) is 0 Å². The number of fused-ring (bicyclic) bond motifs is 2. The maximum atomic E-state index is 4.02. The number of H-pyrrole nitrogens is 1. The lowest BCUT2D eigenvalue weighted by atomic mass is 9.92. The van der Waals surface area contributed by atoms with Crippen LogP contribution in [0.15, 0.2) is 0 Å². The van der Waals surface area contributed by atoms with Crippen molar-refractivity contribution in [2.75, 3.05) is 4.90 Å². The first-order chi connectivity index (χ1) is 6.86. The molecule has 2 aliphatic heterocycles. The van der Waals surface area contributed by atoms with Crippen molar-refractivity contribution in [2.45, 2.75) is 44.7 Å². The molecule has 3 atom stereocenters. The van der Waals surface area contributed by atoms with Gasteiger partial charge >= 0.3 is 0 Å². The van der Waals surface area contributed by atoms with Gasteiger partial charge in [0.1, 0.15) is 0 Å². The number of anilines is 1. The highest BCUT2D eigenvalue weighted by Crippen LogP contribution is 2.40. The van der Waals surface area contributed by atoms with Crippen molar-refractivity contribution in [3.05, 3.63) is 0 Å². The molecule has 0 unspecified atom stereocenters. The second kappa shape index (κ2) is 2.93. The van der Waals surface area contributed by atoms with Crippen LogP contribution in [0.25, 0.3) is 0 Å². The summed E-state index contributed by atoms with van der Waals surface area (Å²) in [5.74, 6) is 1.64. The van der Waals surface area contributed by atoms with E-state index in [1.165, 1.54) is 25.7 Å². The molecule has 1 aromatic heterocycles. The monoisotopic (exact) mass is 193 g/mol. The molecule has 0 spiro atoms. The van der Waals surface area contributed by atoms with Crippen LogP contribution in [0, 0.1) is 5.92 Å². The van der Waals surface area contributed by atoms with Crippen molar-refractivity contribution < 1.29 is 0 Å². The Hall–Kier alpha value is -1.13. The Kier molecular flexibility index (Phi) is 1.72. The lowest BCUT2D eigenvalue weighted by Gasteiger charge is -2.37. The smallest absolute Gasteiger partial charge is 0.243 e. The standard InChI is InChI=1S/C9H15N5/c1-6-2-3-7-4-5-8(6)14(7)9-10-12-13-11-9/h6-8H,2-5H2,1H3,(H,10,11,12,13)/t6-,7-,8+/m1/s1. The van der Waals surface area contributed by atoms with Crippen molar-refractivity contribution in [1.82, 2.24) is 20.6 Å². The van der Waals surface area contributed by atoms with Crippen molar-refractivity contribution in [3.63, 3.8) is 0 Å². The van der Waals surface area contributed by atoms with Gasteiger partial charge in [0.25, 0.3) is 0 Å². The lowest BCUT2D eigenvalue weighted by Crippen LogP contribution is -2.44. The Balaban J connectivity index is 1.93. The summed E-state index contributed by atoms with van der Waals surface area (Å²) < 4.78 is 0. The fraction of sp³-hybridized carbons (Fsp3) is 0.889. The first kappa shape index (κ1) is 8.20. The van der Waals surface area contributed by atoms with Gasteiger partial charge in [-0.05, 0) is 42.0 Å². The van der Waals surface area contributed by atoms with E-state index in [1.54, 1.807) is 0 Å². The van der Waals surface area contributed by atoms with Gasteiger partial charge in [-0.1, -0.05) is 12.0 Å². The summed E-state index contributed by atoms with van der Waals surface area (Å²) >= 11 is 0. The molecule has 0 amide bonds. The number of aromatic amines is 1. The summed E-state index contributed by atoms with van der Waals surface area (Å²) in [7, 11) is 0. The highest BCUT2D eigenvalue weighted by atomic mass is 15.5. The Morgan fingerprint density at radius 2 is 2.14 bits per heavy atom. The second-order valence-electron chi connectivity index (χ2n) is 4.49. The number of hydrogen-bond donors (Lipinski definition) is 1. The molecule has 5 nitrogen and oxygen atoms in total. The summed E-state index contributed by atoms with van der Waals surface area (Å²) in [6.45, 7) is 2.34. The Morgan fingerprint density at radius 3 is 2.93 bits per heavy atom. The summed E-state index contributed by atoms with van der Waals surface area (Å²) in [6.07, 6.45) is 5.24.